The van der Waals surface area contributed by atoms with Gasteiger partial charge in [0.1, 0.15) is 0 Å². The maximum atomic E-state index is 6.11. The molecule has 0 atom stereocenters. The van der Waals surface area contributed by atoms with Gasteiger partial charge in [0.25, 0.3) is 0 Å². The van der Waals surface area contributed by atoms with Gasteiger partial charge in [-0.25, -0.2) is 0 Å². The highest BCUT2D eigenvalue weighted by Crippen LogP contribution is 2.31. The van der Waals surface area contributed by atoms with Gasteiger partial charge in [-0.1, -0.05) is 27.7 Å². The largest absolute Gasteiger partial charge is 0.397 e. The topological polar surface area (TPSA) is 73.8 Å². The quantitative estimate of drug-likeness (QED) is 0.235. The Balaban J connectivity index is 0. The van der Waals surface area contributed by atoms with Crippen LogP contribution in [0.4, 0.5) is 0 Å². The molecule has 0 saturated carbocycles. The zero-order valence-electron chi connectivity index (χ0n) is 22.9. The van der Waals surface area contributed by atoms with Crippen molar-refractivity contribution in [1.82, 2.24) is 0 Å². The lowest BCUT2D eigenvalue weighted by molar-refractivity contribution is 0.145. The van der Waals surface area contributed by atoms with E-state index in [1.165, 1.54) is 0 Å². The molecule has 196 valence electrons. The fraction of sp³-hybridized carbons (Fsp3) is 1.00. The van der Waals surface area contributed by atoms with E-state index in [1.54, 1.807) is 28.4 Å². The standard InChI is InChI=1S/C12H30O4Si2.C8H22O4Si2/c1-7-13-17(11-5,14-8-2)18(12-6,15-9-3)16-10-4;1-7-13(9-3,10-4)14(8-2,11-5)12-6/h7-12H2,1-6H3;7-8H2,1-6H3. The first-order chi connectivity index (χ1) is 15.2. The molecule has 0 unspecified atom stereocenters. The predicted octanol–water partition coefficient (Wildman–Crippen LogP) is 4.71. The molecule has 0 bridgehead atoms. The summed E-state index contributed by atoms with van der Waals surface area (Å²) in [4.78, 5) is 0. The molecular weight excluding hydrogens is 481 g/mol. The van der Waals surface area contributed by atoms with Gasteiger partial charge < -0.3 is 35.4 Å². The fourth-order valence-corrected chi connectivity index (χ4v) is 27.5. The van der Waals surface area contributed by atoms with Crippen molar-refractivity contribution in [3.05, 3.63) is 0 Å². The van der Waals surface area contributed by atoms with Crippen molar-refractivity contribution in [2.45, 2.75) is 79.6 Å². The van der Waals surface area contributed by atoms with Gasteiger partial charge in [-0.05, 0) is 51.9 Å². The molecule has 0 aliphatic rings. The van der Waals surface area contributed by atoms with Crippen molar-refractivity contribution in [1.29, 1.82) is 0 Å². The second-order valence-electron chi connectivity index (χ2n) is 6.97. The number of rotatable bonds is 18. The van der Waals surface area contributed by atoms with E-state index >= 15 is 0 Å². The van der Waals surface area contributed by atoms with Crippen molar-refractivity contribution >= 4 is 32.3 Å². The second-order valence-corrected chi connectivity index (χ2v) is 27.8. The third-order valence-electron chi connectivity index (χ3n) is 5.85. The average Bonchev–Trinajstić information content (AvgIpc) is 2.83. The minimum absolute atomic E-state index is 0.662. The van der Waals surface area contributed by atoms with Crippen molar-refractivity contribution in [2.24, 2.45) is 0 Å². The van der Waals surface area contributed by atoms with Crippen LogP contribution >= 0.6 is 0 Å². The Labute approximate surface area is 202 Å². The maximum absolute atomic E-state index is 6.11. The molecule has 0 N–H and O–H groups in total. The Kier molecular flexibility index (Phi) is 19.4. The van der Waals surface area contributed by atoms with Crippen LogP contribution in [0.15, 0.2) is 0 Å². The van der Waals surface area contributed by atoms with Crippen LogP contribution in [0.5, 0.6) is 0 Å². The molecule has 12 heteroatoms. The van der Waals surface area contributed by atoms with Crippen molar-refractivity contribution in [3.63, 3.8) is 0 Å². The molecule has 0 aromatic carbocycles. The van der Waals surface area contributed by atoms with E-state index in [4.69, 9.17) is 35.4 Å². The minimum Gasteiger partial charge on any atom is -0.397 e. The highest BCUT2D eigenvalue weighted by atomic mass is 29.3. The average molecular weight is 533 g/mol. The Bertz CT molecular complexity index is 383. The van der Waals surface area contributed by atoms with Crippen LogP contribution in [0.1, 0.15) is 55.4 Å². The third kappa shape index (κ3) is 7.78. The summed E-state index contributed by atoms with van der Waals surface area (Å²) in [5.41, 5.74) is 0. The fourth-order valence-electron chi connectivity index (χ4n) is 4.31. The van der Waals surface area contributed by atoms with Crippen molar-refractivity contribution in [3.8, 4) is 0 Å². The zero-order chi connectivity index (χ0) is 25.3. The summed E-state index contributed by atoms with van der Waals surface area (Å²) in [6, 6.07) is 3.47. The Morgan fingerprint density at radius 1 is 0.344 bits per heavy atom. The molecule has 0 aromatic heterocycles. The summed E-state index contributed by atoms with van der Waals surface area (Å²) in [6.07, 6.45) is 0. The summed E-state index contributed by atoms with van der Waals surface area (Å²) in [6.45, 7) is 19.1. The Morgan fingerprint density at radius 2 is 0.531 bits per heavy atom. The van der Waals surface area contributed by atoms with E-state index in [2.05, 4.69) is 27.7 Å². The molecule has 0 spiro atoms. The zero-order valence-corrected chi connectivity index (χ0v) is 26.9. The second kappa shape index (κ2) is 17.9. The maximum Gasteiger partial charge on any atom is 0.384 e. The molecule has 8 nitrogen and oxygen atoms in total. The smallest absolute Gasteiger partial charge is 0.384 e. The number of hydrogen-bond acceptors (Lipinski definition) is 8. The lowest BCUT2D eigenvalue weighted by Crippen LogP contribution is -2.70. The van der Waals surface area contributed by atoms with Gasteiger partial charge >= 0.3 is 32.3 Å². The van der Waals surface area contributed by atoms with E-state index < -0.39 is 32.3 Å². The first-order valence-electron chi connectivity index (χ1n) is 12.0. The normalized spacial score (nSPS) is 13.1. The molecule has 0 radical (unpaired) electrons. The van der Waals surface area contributed by atoms with E-state index in [-0.39, 0.29) is 0 Å². The van der Waals surface area contributed by atoms with Gasteiger partial charge in [0.2, 0.25) is 0 Å². The Hall–Kier alpha value is 0.548. The van der Waals surface area contributed by atoms with E-state index in [0.29, 0.717) is 26.4 Å². The van der Waals surface area contributed by atoms with Crippen LogP contribution in [0, 0.1) is 0 Å². The third-order valence-corrected chi connectivity index (χ3v) is 32.9. The molecule has 0 aliphatic carbocycles. The monoisotopic (exact) mass is 532 g/mol. The molecule has 32 heavy (non-hydrogen) atoms. The highest BCUT2D eigenvalue weighted by Gasteiger charge is 2.62. The predicted molar refractivity (Wildman–Crippen MR) is 139 cm³/mol. The first-order valence-corrected chi connectivity index (χ1v) is 22.1. The minimum atomic E-state index is -2.40. The molecular formula is C20H52O8Si4. The Morgan fingerprint density at radius 3 is 0.625 bits per heavy atom. The lowest BCUT2D eigenvalue weighted by atomic mass is 10.9. The molecule has 0 aliphatic heterocycles. The van der Waals surface area contributed by atoms with Crippen LogP contribution < -0.4 is 0 Å². The molecule has 0 heterocycles. The van der Waals surface area contributed by atoms with Gasteiger partial charge in [0, 0.05) is 54.9 Å². The van der Waals surface area contributed by atoms with Crippen LogP contribution in [-0.4, -0.2) is 87.2 Å². The SMILES string of the molecule is CCO[Si](CC)(OCC)[Si](CC)(OCC)OCC.CC[Si](OC)(OC)[Si](CC)(OC)OC. The van der Waals surface area contributed by atoms with E-state index in [0.717, 1.165) is 24.2 Å². The molecule has 0 aromatic rings. The van der Waals surface area contributed by atoms with Crippen molar-refractivity contribution < 1.29 is 35.4 Å². The van der Waals surface area contributed by atoms with Crippen LogP contribution in [0.3, 0.4) is 0 Å². The summed E-state index contributed by atoms with van der Waals surface area (Å²) < 4.78 is 46.8. The van der Waals surface area contributed by atoms with Crippen LogP contribution in [-0.2, 0) is 35.4 Å². The number of hydrogen-bond donors (Lipinski definition) is 0. The summed E-state index contributed by atoms with van der Waals surface area (Å²) in [7, 11) is -2.64. The highest BCUT2D eigenvalue weighted by molar-refractivity contribution is 7.32. The summed E-state index contributed by atoms with van der Waals surface area (Å²) in [5, 5.41) is 0. The lowest BCUT2D eigenvalue weighted by Gasteiger charge is -2.42. The van der Waals surface area contributed by atoms with E-state index in [9.17, 15) is 0 Å². The first kappa shape index (κ1) is 34.7. The van der Waals surface area contributed by atoms with Gasteiger partial charge in [0.15, 0.2) is 0 Å². The summed E-state index contributed by atoms with van der Waals surface area (Å²) >= 11 is 0. The molecule has 0 amide bonds. The van der Waals surface area contributed by atoms with Gasteiger partial charge in [-0.3, -0.25) is 0 Å². The van der Waals surface area contributed by atoms with Crippen LogP contribution in [0.2, 0.25) is 24.2 Å². The van der Waals surface area contributed by atoms with E-state index in [1.807, 2.05) is 27.7 Å². The molecule has 0 rings (SSSR count). The molecule has 0 fully saturated rings. The van der Waals surface area contributed by atoms with Gasteiger partial charge in [0.05, 0.1) is 0 Å². The van der Waals surface area contributed by atoms with Gasteiger partial charge in [-0.2, -0.15) is 0 Å². The van der Waals surface area contributed by atoms with Gasteiger partial charge in [-0.15, -0.1) is 0 Å². The van der Waals surface area contributed by atoms with Crippen LogP contribution in [0.25, 0.3) is 0 Å². The summed E-state index contributed by atoms with van der Waals surface area (Å²) in [5.74, 6) is 0. The van der Waals surface area contributed by atoms with Crippen molar-refractivity contribution in [2.75, 3.05) is 54.9 Å². The molecule has 0 saturated heterocycles.